The largest absolute Gasteiger partial charge is 0.490 e. The van der Waals surface area contributed by atoms with Gasteiger partial charge in [-0.2, -0.15) is 0 Å². The second kappa shape index (κ2) is 5.58. The molecule has 2 aromatic carbocycles. The summed E-state index contributed by atoms with van der Waals surface area (Å²) in [5.74, 6) is 0.841. The zero-order chi connectivity index (χ0) is 14.1. The van der Waals surface area contributed by atoms with Crippen LogP contribution in [0.5, 0.6) is 5.75 Å². The third-order valence-corrected chi connectivity index (χ3v) is 4.60. The predicted octanol–water partition coefficient (Wildman–Crippen LogP) is 4.38. The van der Waals surface area contributed by atoms with Gasteiger partial charge in [-0.15, -0.1) is 0 Å². The molecule has 1 aliphatic carbocycles. The Bertz CT molecular complexity index is 620. The Labute approximate surface area is 127 Å². The van der Waals surface area contributed by atoms with Crippen LogP contribution in [0.25, 0.3) is 0 Å². The second-order valence-corrected chi connectivity index (χ2v) is 6.06. The maximum atomic E-state index is 10.6. The topological polar surface area (TPSA) is 29.5 Å². The standard InChI is InChI=1S/C17H17BrO2/c1-11-4-2-7-15(16(11)18)17(19)12-5-3-6-14(10-12)20-13-8-9-13/h2-7,10,13,17,19H,8-9H2,1H3. The average Bonchev–Trinajstić information content (AvgIpc) is 3.25. The highest BCUT2D eigenvalue weighted by Gasteiger charge is 2.24. The maximum Gasteiger partial charge on any atom is 0.120 e. The molecule has 3 heteroatoms. The summed E-state index contributed by atoms with van der Waals surface area (Å²) in [6.45, 7) is 2.02. The molecule has 1 atom stereocenters. The van der Waals surface area contributed by atoms with E-state index in [9.17, 15) is 5.11 Å². The van der Waals surface area contributed by atoms with E-state index in [0.29, 0.717) is 6.10 Å². The Morgan fingerprint density at radius 1 is 1.20 bits per heavy atom. The van der Waals surface area contributed by atoms with Gasteiger partial charge in [-0.3, -0.25) is 0 Å². The molecule has 3 rings (SSSR count). The fourth-order valence-electron chi connectivity index (χ4n) is 2.20. The second-order valence-electron chi connectivity index (χ2n) is 5.27. The zero-order valence-electron chi connectivity index (χ0n) is 11.3. The van der Waals surface area contributed by atoms with Crippen LogP contribution in [0, 0.1) is 6.92 Å². The van der Waals surface area contributed by atoms with Crippen molar-refractivity contribution in [2.24, 2.45) is 0 Å². The van der Waals surface area contributed by atoms with Gasteiger partial charge in [0, 0.05) is 4.47 Å². The van der Waals surface area contributed by atoms with Gasteiger partial charge in [0.25, 0.3) is 0 Å². The van der Waals surface area contributed by atoms with Crippen molar-refractivity contribution in [2.45, 2.75) is 32.0 Å². The molecule has 0 aliphatic heterocycles. The molecule has 1 aliphatic rings. The molecule has 2 aromatic rings. The summed E-state index contributed by atoms with van der Waals surface area (Å²) in [6.07, 6.45) is 1.99. The molecule has 0 bridgehead atoms. The summed E-state index contributed by atoms with van der Waals surface area (Å²) < 4.78 is 6.74. The van der Waals surface area contributed by atoms with Crippen LogP contribution in [0.15, 0.2) is 46.9 Å². The number of ether oxygens (including phenoxy) is 1. The first-order valence-electron chi connectivity index (χ1n) is 6.85. The summed E-state index contributed by atoms with van der Waals surface area (Å²) in [4.78, 5) is 0. The highest BCUT2D eigenvalue weighted by Crippen LogP contribution is 2.33. The average molecular weight is 333 g/mol. The van der Waals surface area contributed by atoms with Gasteiger partial charge in [0.15, 0.2) is 0 Å². The fraction of sp³-hybridized carbons (Fsp3) is 0.294. The highest BCUT2D eigenvalue weighted by atomic mass is 79.9. The number of benzene rings is 2. The van der Waals surface area contributed by atoms with Crippen LogP contribution in [0.4, 0.5) is 0 Å². The third-order valence-electron chi connectivity index (χ3n) is 3.52. The van der Waals surface area contributed by atoms with Crippen molar-refractivity contribution < 1.29 is 9.84 Å². The molecule has 1 N–H and O–H groups in total. The highest BCUT2D eigenvalue weighted by molar-refractivity contribution is 9.10. The molecule has 0 radical (unpaired) electrons. The van der Waals surface area contributed by atoms with Crippen LogP contribution >= 0.6 is 15.9 Å². The van der Waals surface area contributed by atoms with Crippen molar-refractivity contribution >= 4 is 15.9 Å². The first-order chi connectivity index (χ1) is 9.65. The third kappa shape index (κ3) is 2.89. The van der Waals surface area contributed by atoms with Gasteiger partial charge in [-0.1, -0.05) is 46.3 Å². The summed E-state index contributed by atoms with van der Waals surface area (Å²) in [6, 6.07) is 13.7. The van der Waals surface area contributed by atoms with Crippen molar-refractivity contribution in [3.8, 4) is 5.75 Å². The van der Waals surface area contributed by atoms with E-state index in [0.717, 1.165) is 39.8 Å². The lowest BCUT2D eigenvalue weighted by atomic mass is 10.00. The van der Waals surface area contributed by atoms with E-state index in [1.807, 2.05) is 49.4 Å². The minimum Gasteiger partial charge on any atom is -0.490 e. The van der Waals surface area contributed by atoms with Crippen molar-refractivity contribution in [3.05, 3.63) is 63.6 Å². The van der Waals surface area contributed by atoms with E-state index in [2.05, 4.69) is 15.9 Å². The first-order valence-corrected chi connectivity index (χ1v) is 7.64. The van der Waals surface area contributed by atoms with Gasteiger partial charge in [0.1, 0.15) is 11.9 Å². The summed E-state index contributed by atoms with van der Waals surface area (Å²) in [5, 5.41) is 10.6. The molecule has 1 unspecified atom stereocenters. The van der Waals surface area contributed by atoms with Crippen LogP contribution in [0.1, 0.15) is 35.6 Å². The number of halogens is 1. The number of aryl methyl sites for hydroxylation is 1. The molecule has 0 aromatic heterocycles. The Kier molecular flexibility index (Phi) is 3.81. The van der Waals surface area contributed by atoms with E-state index in [-0.39, 0.29) is 0 Å². The van der Waals surface area contributed by atoms with Crippen molar-refractivity contribution in [1.29, 1.82) is 0 Å². The maximum absolute atomic E-state index is 10.6. The van der Waals surface area contributed by atoms with Crippen LogP contribution < -0.4 is 4.74 Å². The molecule has 0 spiro atoms. The van der Waals surface area contributed by atoms with E-state index in [1.165, 1.54) is 0 Å². The van der Waals surface area contributed by atoms with Crippen molar-refractivity contribution in [1.82, 2.24) is 0 Å². The molecule has 0 saturated heterocycles. The summed E-state index contributed by atoms with van der Waals surface area (Å²) in [5.41, 5.74) is 2.86. The van der Waals surface area contributed by atoms with E-state index in [1.54, 1.807) is 0 Å². The Balaban J connectivity index is 1.89. The van der Waals surface area contributed by atoms with E-state index >= 15 is 0 Å². The van der Waals surface area contributed by atoms with Crippen LogP contribution in [0.2, 0.25) is 0 Å². The van der Waals surface area contributed by atoms with Crippen LogP contribution in [-0.4, -0.2) is 11.2 Å². The first kappa shape index (κ1) is 13.7. The minimum absolute atomic E-state index is 0.369. The lowest BCUT2D eigenvalue weighted by Gasteiger charge is -2.16. The molecule has 0 amide bonds. The number of hydrogen-bond donors (Lipinski definition) is 1. The van der Waals surface area contributed by atoms with Gasteiger partial charge in [0.2, 0.25) is 0 Å². The van der Waals surface area contributed by atoms with Crippen molar-refractivity contribution in [2.75, 3.05) is 0 Å². The molecule has 1 saturated carbocycles. The van der Waals surface area contributed by atoms with Gasteiger partial charge in [-0.25, -0.2) is 0 Å². The molecule has 104 valence electrons. The number of rotatable bonds is 4. The van der Waals surface area contributed by atoms with Gasteiger partial charge in [-0.05, 0) is 48.6 Å². The predicted molar refractivity (Wildman–Crippen MR) is 83.0 cm³/mol. The van der Waals surface area contributed by atoms with Gasteiger partial charge < -0.3 is 9.84 Å². The monoisotopic (exact) mass is 332 g/mol. The van der Waals surface area contributed by atoms with Gasteiger partial charge in [0.05, 0.1) is 6.10 Å². The molecule has 2 nitrogen and oxygen atoms in total. The van der Waals surface area contributed by atoms with E-state index < -0.39 is 6.10 Å². The smallest absolute Gasteiger partial charge is 0.120 e. The lowest BCUT2D eigenvalue weighted by Crippen LogP contribution is -2.03. The summed E-state index contributed by atoms with van der Waals surface area (Å²) in [7, 11) is 0. The molecular formula is C17H17BrO2. The molecule has 20 heavy (non-hydrogen) atoms. The summed E-state index contributed by atoms with van der Waals surface area (Å²) >= 11 is 3.56. The quantitative estimate of drug-likeness (QED) is 0.900. The van der Waals surface area contributed by atoms with E-state index in [4.69, 9.17) is 4.74 Å². The van der Waals surface area contributed by atoms with Crippen LogP contribution in [0.3, 0.4) is 0 Å². The zero-order valence-corrected chi connectivity index (χ0v) is 12.9. The van der Waals surface area contributed by atoms with Crippen LogP contribution in [-0.2, 0) is 0 Å². The molecule has 1 fully saturated rings. The number of aliphatic hydroxyl groups is 1. The lowest BCUT2D eigenvalue weighted by molar-refractivity contribution is 0.218. The number of aliphatic hydroxyl groups excluding tert-OH is 1. The molecular weight excluding hydrogens is 316 g/mol. The number of hydrogen-bond acceptors (Lipinski definition) is 2. The Morgan fingerprint density at radius 2 is 1.95 bits per heavy atom. The minimum atomic E-state index is -0.646. The van der Waals surface area contributed by atoms with Gasteiger partial charge >= 0.3 is 0 Å². The fourth-order valence-corrected chi connectivity index (χ4v) is 2.68. The Morgan fingerprint density at radius 3 is 2.70 bits per heavy atom. The Hall–Kier alpha value is -1.32. The molecule has 0 heterocycles. The normalized spacial score (nSPS) is 15.9. The SMILES string of the molecule is Cc1cccc(C(O)c2cccc(OC3CC3)c2)c1Br. The van der Waals surface area contributed by atoms with Crippen molar-refractivity contribution in [3.63, 3.8) is 0 Å².